The molecule has 0 aliphatic heterocycles. The summed E-state index contributed by atoms with van der Waals surface area (Å²) in [6, 6.07) is 0. The summed E-state index contributed by atoms with van der Waals surface area (Å²) in [6.45, 7) is 2.22. The van der Waals surface area contributed by atoms with Crippen molar-refractivity contribution in [3.8, 4) is 0 Å². The molecule has 0 aromatic rings. The molecule has 87 valence electrons. The minimum absolute atomic E-state index is 0. The number of hydrogen-bond donors (Lipinski definition) is 1. The monoisotopic (exact) mass is 264 g/mol. The van der Waals surface area contributed by atoms with Gasteiger partial charge in [-0.25, -0.2) is 0 Å². The van der Waals surface area contributed by atoms with Gasteiger partial charge < -0.3 is 0 Å². The zero-order valence-electron chi connectivity index (χ0n) is 9.00. The molecule has 0 rings (SSSR count). The number of hydrogen-bond acceptors (Lipinski definition) is 1. The molecule has 0 bridgehead atoms. The first-order valence-corrected chi connectivity index (χ1v) is 6.80. The molecule has 0 aromatic heterocycles. The quantitative estimate of drug-likeness (QED) is 0.507. The van der Waals surface area contributed by atoms with Crippen LogP contribution in [0.1, 0.15) is 58.3 Å². The fourth-order valence-electron chi connectivity index (χ4n) is 1.38. The second-order valence-electron chi connectivity index (χ2n) is 3.55. The Morgan fingerprint density at radius 1 is 0.929 bits per heavy atom. The number of rotatable bonds is 9. The summed E-state index contributed by atoms with van der Waals surface area (Å²) in [5.74, 6) is 0. The van der Waals surface area contributed by atoms with E-state index < -0.39 is 8.03 Å². The molecule has 0 aliphatic rings. The fourth-order valence-corrected chi connectivity index (χ4v) is 1.88. The fraction of sp³-hybridized carbons (Fsp3) is 1.00. The van der Waals surface area contributed by atoms with Gasteiger partial charge in [0.15, 0.2) is 6.16 Å². The van der Waals surface area contributed by atoms with E-state index in [1.54, 1.807) is 0 Å². The van der Waals surface area contributed by atoms with E-state index in [0.29, 0.717) is 6.16 Å². The SMILES string of the molecule is CCCCCCCCCC[P+](=O)O.[Co]. The van der Waals surface area contributed by atoms with E-state index in [4.69, 9.17) is 4.89 Å². The van der Waals surface area contributed by atoms with Gasteiger partial charge >= 0.3 is 8.03 Å². The van der Waals surface area contributed by atoms with Crippen LogP contribution < -0.4 is 0 Å². The Hall–Kier alpha value is 0.566. The van der Waals surface area contributed by atoms with Crippen LogP contribution >= 0.6 is 8.03 Å². The van der Waals surface area contributed by atoms with Crippen LogP contribution in [0, 0.1) is 0 Å². The Balaban J connectivity index is 0. The van der Waals surface area contributed by atoms with E-state index in [-0.39, 0.29) is 16.8 Å². The minimum Gasteiger partial charge on any atom is -0.161 e. The molecule has 1 atom stereocenters. The predicted molar refractivity (Wildman–Crippen MR) is 57.3 cm³/mol. The van der Waals surface area contributed by atoms with Crippen molar-refractivity contribution >= 4 is 8.03 Å². The molecule has 0 fully saturated rings. The van der Waals surface area contributed by atoms with E-state index in [2.05, 4.69) is 6.92 Å². The van der Waals surface area contributed by atoms with Gasteiger partial charge in [0, 0.05) is 16.8 Å². The summed E-state index contributed by atoms with van der Waals surface area (Å²) in [4.78, 5) is 8.53. The second-order valence-corrected chi connectivity index (χ2v) is 4.70. The predicted octanol–water partition coefficient (Wildman–Crippen LogP) is 3.86. The topological polar surface area (TPSA) is 37.3 Å². The maximum absolute atomic E-state index is 10.3. The van der Waals surface area contributed by atoms with Crippen LogP contribution in [0.3, 0.4) is 0 Å². The zero-order chi connectivity index (χ0) is 9.94. The molecule has 0 saturated carbocycles. The van der Waals surface area contributed by atoms with Crippen molar-refractivity contribution in [2.24, 2.45) is 0 Å². The molecule has 0 aliphatic carbocycles. The molecule has 14 heavy (non-hydrogen) atoms. The molecular formula is C10H22CoO2P+. The third kappa shape index (κ3) is 15.1. The van der Waals surface area contributed by atoms with Gasteiger partial charge in [0.1, 0.15) is 0 Å². The first-order chi connectivity index (χ1) is 6.27. The van der Waals surface area contributed by atoms with Gasteiger partial charge in [0.25, 0.3) is 0 Å². The summed E-state index contributed by atoms with van der Waals surface area (Å²) >= 11 is 0. The Kier molecular flexibility index (Phi) is 16.5. The first-order valence-electron chi connectivity index (χ1n) is 5.41. The van der Waals surface area contributed by atoms with E-state index in [1.165, 1.54) is 38.5 Å². The third-order valence-corrected chi connectivity index (χ3v) is 2.90. The van der Waals surface area contributed by atoms with Gasteiger partial charge in [-0.05, 0) is 17.4 Å². The Morgan fingerprint density at radius 3 is 1.79 bits per heavy atom. The van der Waals surface area contributed by atoms with Gasteiger partial charge in [0.05, 0.1) is 0 Å². The van der Waals surface area contributed by atoms with Crippen molar-refractivity contribution in [3.63, 3.8) is 0 Å². The van der Waals surface area contributed by atoms with Crippen molar-refractivity contribution in [3.05, 3.63) is 0 Å². The molecule has 0 heterocycles. The van der Waals surface area contributed by atoms with Gasteiger partial charge in [-0.15, -0.1) is 0 Å². The van der Waals surface area contributed by atoms with Gasteiger partial charge in [-0.3, -0.25) is 0 Å². The molecule has 0 spiro atoms. The molecule has 0 aromatic carbocycles. The Morgan fingerprint density at radius 2 is 1.36 bits per heavy atom. The minimum atomic E-state index is -1.88. The van der Waals surface area contributed by atoms with Crippen LogP contribution in [0.4, 0.5) is 0 Å². The smallest absolute Gasteiger partial charge is 0.161 e. The van der Waals surface area contributed by atoms with Gasteiger partial charge in [0.2, 0.25) is 0 Å². The molecule has 1 N–H and O–H groups in total. The van der Waals surface area contributed by atoms with Crippen molar-refractivity contribution in [1.29, 1.82) is 0 Å². The maximum atomic E-state index is 10.3. The van der Waals surface area contributed by atoms with Crippen molar-refractivity contribution < 1.29 is 26.2 Å². The molecule has 4 heteroatoms. The van der Waals surface area contributed by atoms with Crippen LogP contribution in [-0.2, 0) is 21.3 Å². The summed E-state index contributed by atoms with van der Waals surface area (Å²) in [6.07, 6.45) is 10.4. The van der Waals surface area contributed by atoms with Crippen molar-refractivity contribution in [2.75, 3.05) is 6.16 Å². The summed E-state index contributed by atoms with van der Waals surface area (Å²) in [5.41, 5.74) is 0. The molecule has 1 radical (unpaired) electrons. The first kappa shape index (κ1) is 17.0. The normalized spacial score (nSPS) is 10.9. The summed E-state index contributed by atoms with van der Waals surface area (Å²) in [5, 5.41) is 0. The van der Waals surface area contributed by atoms with Gasteiger partial charge in [-0.2, -0.15) is 4.89 Å². The maximum Gasteiger partial charge on any atom is 0.505 e. The average molecular weight is 264 g/mol. The Labute approximate surface area is 98.9 Å². The summed E-state index contributed by atoms with van der Waals surface area (Å²) in [7, 11) is -1.88. The molecule has 0 saturated heterocycles. The molecule has 2 nitrogen and oxygen atoms in total. The third-order valence-electron chi connectivity index (χ3n) is 2.20. The van der Waals surface area contributed by atoms with E-state index >= 15 is 0 Å². The van der Waals surface area contributed by atoms with E-state index in [1.807, 2.05) is 0 Å². The standard InChI is InChI=1S/C10H21O2P.Co/c1-2-3-4-5-6-7-8-9-10-13(11)12;/h2-10H2,1H3;/p+1. The summed E-state index contributed by atoms with van der Waals surface area (Å²) < 4.78 is 10.3. The largest absolute Gasteiger partial charge is 0.505 e. The Bertz CT molecular complexity index is 131. The number of unbranched alkanes of at least 4 members (excludes halogenated alkanes) is 7. The van der Waals surface area contributed by atoms with E-state index in [9.17, 15) is 4.57 Å². The van der Waals surface area contributed by atoms with Crippen LogP contribution in [0.2, 0.25) is 0 Å². The average Bonchev–Trinajstić information content (AvgIpc) is 2.09. The second kappa shape index (κ2) is 13.6. The van der Waals surface area contributed by atoms with Crippen molar-refractivity contribution in [2.45, 2.75) is 58.3 Å². The van der Waals surface area contributed by atoms with Crippen LogP contribution in [0.25, 0.3) is 0 Å². The molecular weight excluding hydrogens is 242 g/mol. The zero-order valence-corrected chi connectivity index (χ0v) is 10.9. The van der Waals surface area contributed by atoms with Crippen molar-refractivity contribution in [1.82, 2.24) is 0 Å². The van der Waals surface area contributed by atoms with E-state index in [0.717, 1.165) is 12.8 Å². The molecule has 0 amide bonds. The molecule has 1 unspecified atom stereocenters. The van der Waals surface area contributed by atoms with Crippen LogP contribution in [0.5, 0.6) is 0 Å². The van der Waals surface area contributed by atoms with Crippen LogP contribution in [-0.4, -0.2) is 11.1 Å². The van der Waals surface area contributed by atoms with Crippen LogP contribution in [0.15, 0.2) is 0 Å². The van der Waals surface area contributed by atoms with Gasteiger partial charge in [-0.1, -0.05) is 45.4 Å².